The van der Waals surface area contributed by atoms with E-state index in [0.29, 0.717) is 0 Å². The van der Waals surface area contributed by atoms with Crippen molar-refractivity contribution in [2.24, 2.45) is 11.8 Å². The summed E-state index contributed by atoms with van der Waals surface area (Å²) < 4.78 is 5.62. The fraction of sp³-hybridized carbons (Fsp3) is 0.647. The molecule has 1 saturated carbocycles. The van der Waals surface area contributed by atoms with Gasteiger partial charge in [-0.2, -0.15) is 0 Å². The van der Waals surface area contributed by atoms with Crippen LogP contribution >= 0.6 is 0 Å². The highest BCUT2D eigenvalue weighted by atomic mass is 16.5. The molecule has 2 unspecified atom stereocenters. The van der Waals surface area contributed by atoms with Gasteiger partial charge >= 0.3 is 0 Å². The van der Waals surface area contributed by atoms with Crippen molar-refractivity contribution >= 4 is 0 Å². The number of nitrogens with one attached hydrogen (secondary N) is 1. The second-order valence-corrected chi connectivity index (χ2v) is 6.07. The SMILES string of the molecule is CCCOc1ccc(C2CC2CNCC(C)C)cc1. The summed E-state index contributed by atoms with van der Waals surface area (Å²) in [7, 11) is 0. The Morgan fingerprint density at radius 2 is 2.00 bits per heavy atom. The summed E-state index contributed by atoms with van der Waals surface area (Å²) in [6, 6.07) is 8.69. The molecule has 1 aliphatic carbocycles. The normalized spacial score (nSPS) is 21.7. The summed E-state index contributed by atoms with van der Waals surface area (Å²) in [5.41, 5.74) is 1.47. The van der Waals surface area contributed by atoms with Crippen LogP contribution in [0.25, 0.3) is 0 Å². The van der Waals surface area contributed by atoms with Crippen LogP contribution in [0.2, 0.25) is 0 Å². The fourth-order valence-corrected chi connectivity index (χ4v) is 2.47. The number of hydrogen-bond acceptors (Lipinski definition) is 2. The largest absolute Gasteiger partial charge is 0.494 e. The van der Waals surface area contributed by atoms with Gasteiger partial charge in [0, 0.05) is 0 Å². The Morgan fingerprint density at radius 1 is 1.26 bits per heavy atom. The lowest BCUT2D eigenvalue weighted by atomic mass is 10.1. The first-order valence-corrected chi connectivity index (χ1v) is 7.64. The minimum atomic E-state index is 0.743. The third-order valence-electron chi connectivity index (χ3n) is 3.66. The van der Waals surface area contributed by atoms with E-state index in [1.165, 1.54) is 12.0 Å². The molecule has 0 saturated heterocycles. The first-order chi connectivity index (χ1) is 9.20. The van der Waals surface area contributed by atoms with Crippen LogP contribution in [-0.2, 0) is 0 Å². The van der Waals surface area contributed by atoms with Crippen molar-refractivity contribution in [3.8, 4) is 5.75 Å². The van der Waals surface area contributed by atoms with Gasteiger partial charge in [0.25, 0.3) is 0 Å². The van der Waals surface area contributed by atoms with Crippen LogP contribution in [0.15, 0.2) is 24.3 Å². The van der Waals surface area contributed by atoms with Crippen LogP contribution in [0.3, 0.4) is 0 Å². The molecular formula is C17H27NO. The van der Waals surface area contributed by atoms with E-state index in [0.717, 1.165) is 49.6 Å². The maximum Gasteiger partial charge on any atom is 0.119 e. The molecule has 0 spiro atoms. The van der Waals surface area contributed by atoms with Crippen LogP contribution < -0.4 is 10.1 Å². The Labute approximate surface area is 117 Å². The van der Waals surface area contributed by atoms with Gasteiger partial charge in [-0.15, -0.1) is 0 Å². The minimum absolute atomic E-state index is 0.743. The van der Waals surface area contributed by atoms with Gasteiger partial charge in [-0.3, -0.25) is 0 Å². The maximum atomic E-state index is 5.62. The summed E-state index contributed by atoms with van der Waals surface area (Å²) in [5.74, 6) is 3.34. The van der Waals surface area contributed by atoms with Crippen LogP contribution in [0.4, 0.5) is 0 Å². The molecule has 0 aliphatic heterocycles. The second-order valence-electron chi connectivity index (χ2n) is 6.07. The smallest absolute Gasteiger partial charge is 0.119 e. The first kappa shape index (κ1) is 14.4. The zero-order valence-electron chi connectivity index (χ0n) is 12.5. The van der Waals surface area contributed by atoms with E-state index < -0.39 is 0 Å². The minimum Gasteiger partial charge on any atom is -0.494 e. The zero-order chi connectivity index (χ0) is 13.7. The third kappa shape index (κ3) is 4.54. The quantitative estimate of drug-likeness (QED) is 0.768. The fourth-order valence-electron chi connectivity index (χ4n) is 2.47. The van der Waals surface area contributed by atoms with E-state index in [1.54, 1.807) is 0 Å². The predicted octanol–water partition coefficient (Wildman–Crippen LogP) is 3.82. The van der Waals surface area contributed by atoms with Gasteiger partial charge in [-0.05, 0) is 61.4 Å². The highest BCUT2D eigenvalue weighted by molar-refractivity contribution is 5.32. The molecule has 0 amide bonds. The molecule has 2 atom stereocenters. The number of benzene rings is 1. The lowest BCUT2D eigenvalue weighted by Gasteiger charge is -2.08. The van der Waals surface area contributed by atoms with Crippen LogP contribution in [0.1, 0.15) is 45.1 Å². The first-order valence-electron chi connectivity index (χ1n) is 7.64. The van der Waals surface area contributed by atoms with Gasteiger partial charge < -0.3 is 10.1 Å². The Bertz CT molecular complexity index is 371. The summed E-state index contributed by atoms with van der Waals surface area (Å²) in [6.07, 6.45) is 2.40. The van der Waals surface area contributed by atoms with Crippen LogP contribution in [0.5, 0.6) is 5.75 Å². The molecule has 1 aromatic rings. The van der Waals surface area contributed by atoms with E-state index in [1.807, 2.05) is 0 Å². The van der Waals surface area contributed by atoms with E-state index in [4.69, 9.17) is 4.74 Å². The summed E-state index contributed by atoms with van der Waals surface area (Å²) >= 11 is 0. The van der Waals surface area contributed by atoms with Gasteiger partial charge in [0.2, 0.25) is 0 Å². The molecule has 2 nitrogen and oxygen atoms in total. The Balaban J connectivity index is 1.74. The van der Waals surface area contributed by atoms with Crippen molar-refractivity contribution in [1.29, 1.82) is 0 Å². The van der Waals surface area contributed by atoms with Crippen molar-refractivity contribution in [3.05, 3.63) is 29.8 Å². The van der Waals surface area contributed by atoms with Gasteiger partial charge in [0.15, 0.2) is 0 Å². The molecule has 0 aromatic heterocycles. The molecule has 0 radical (unpaired) electrons. The molecule has 1 aliphatic rings. The standard InChI is InChI=1S/C17H27NO/c1-4-9-19-16-7-5-14(6-8-16)17-10-15(17)12-18-11-13(2)3/h5-8,13,15,17-18H,4,9-12H2,1-3H3. The van der Waals surface area contributed by atoms with Crippen LogP contribution in [-0.4, -0.2) is 19.7 Å². The molecular weight excluding hydrogens is 234 g/mol. The lowest BCUT2D eigenvalue weighted by molar-refractivity contribution is 0.317. The second kappa shape index (κ2) is 6.95. The topological polar surface area (TPSA) is 21.3 Å². The predicted molar refractivity (Wildman–Crippen MR) is 80.8 cm³/mol. The maximum absolute atomic E-state index is 5.62. The number of hydrogen-bond donors (Lipinski definition) is 1. The third-order valence-corrected chi connectivity index (χ3v) is 3.66. The van der Waals surface area contributed by atoms with Gasteiger partial charge in [0.1, 0.15) is 5.75 Å². The Hall–Kier alpha value is -1.02. The lowest BCUT2D eigenvalue weighted by Crippen LogP contribution is -2.22. The molecule has 2 rings (SSSR count). The molecule has 0 heterocycles. The van der Waals surface area contributed by atoms with E-state index in [9.17, 15) is 0 Å². The van der Waals surface area contributed by atoms with Crippen molar-refractivity contribution in [2.75, 3.05) is 19.7 Å². The highest BCUT2D eigenvalue weighted by Gasteiger charge is 2.37. The molecule has 106 valence electrons. The molecule has 19 heavy (non-hydrogen) atoms. The Morgan fingerprint density at radius 3 is 2.63 bits per heavy atom. The molecule has 1 fully saturated rings. The summed E-state index contributed by atoms with van der Waals surface area (Å²) in [6.45, 7) is 9.75. The summed E-state index contributed by atoms with van der Waals surface area (Å²) in [4.78, 5) is 0. The van der Waals surface area contributed by atoms with E-state index in [2.05, 4.69) is 50.4 Å². The van der Waals surface area contributed by atoms with Crippen molar-refractivity contribution in [3.63, 3.8) is 0 Å². The molecule has 2 heteroatoms. The Kier molecular flexibility index (Phi) is 5.26. The highest BCUT2D eigenvalue weighted by Crippen LogP contribution is 2.47. The van der Waals surface area contributed by atoms with Crippen LogP contribution in [0, 0.1) is 11.8 Å². The van der Waals surface area contributed by atoms with Gasteiger partial charge in [0.05, 0.1) is 6.61 Å². The summed E-state index contributed by atoms with van der Waals surface area (Å²) in [5, 5.41) is 3.56. The van der Waals surface area contributed by atoms with Gasteiger partial charge in [-0.1, -0.05) is 32.9 Å². The van der Waals surface area contributed by atoms with Crippen molar-refractivity contribution in [2.45, 2.75) is 39.5 Å². The van der Waals surface area contributed by atoms with E-state index >= 15 is 0 Å². The average Bonchev–Trinajstić information content (AvgIpc) is 3.16. The number of rotatable bonds is 8. The van der Waals surface area contributed by atoms with E-state index in [-0.39, 0.29) is 0 Å². The molecule has 1 N–H and O–H groups in total. The molecule has 0 bridgehead atoms. The van der Waals surface area contributed by atoms with Gasteiger partial charge in [-0.25, -0.2) is 0 Å². The average molecular weight is 261 g/mol. The van der Waals surface area contributed by atoms with Crippen molar-refractivity contribution in [1.82, 2.24) is 5.32 Å². The zero-order valence-corrected chi connectivity index (χ0v) is 12.5. The van der Waals surface area contributed by atoms with Crippen molar-refractivity contribution < 1.29 is 4.74 Å². The molecule has 1 aromatic carbocycles. The number of ether oxygens (including phenoxy) is 1. The monoisotopic (exact) mass is 261 g/mol.